The first-order valence-corrected chi connectivity index (χ1v) is 9.78. The molecule has 0 spiro atoms. The summed E-state index contributed by atoms with van der Waals surface area (Å²) >= 11 is 1.64. The fraction of sp³-hybridized carbons (Fsp3) is 0.250. The zero-order chi connectivity index (χ0) is 17.8. The zero-order valence-electron chi connectivity index (χ0n) is 14.4. The second kappa shape index (κ2) is 7.74. The van der Waals surface area contributed by atoms with Gasteiger partial charge in [-0.1, -0.05) is 60.3 Å². The largest absolute Gasteiger partial charge is 0.342 e. The van der Waals surface area contributed by atoms with Crippen molar-refractivity contribution in [2.75, 3.05) is 18.8 Å². The van der Waals surface area contributed by atoms with E-state index >= 15 is 0 Å². The summed E-state index contributed by atoms with van der Waals surface area (Å²) in [6.07, 6.45) is 1.66. The maximum atomic E-state index is 11.8. The number of rotatable bonds is 6. The molecule has 0 N–H and O–H groups in total. The third kappa shape index (κ3) is 3.51. The van der Waals surface area contributed by atoms with Crippen molar-refractivity contribution >= 4 is 17.7 Å². The van der Waals surface area contributed by atoms with Gasteiger partial charge in [0.15, 0.2) is 11.0 Å². The lowest BCUT2D eigenvalue weighted by Gasteiger charge is -2.15. The molecule has 1 aliphatic heterocycles. The molecule has 1 aromatic heterocycles. The van der Waals surface area contributed by atoms with Gasteiger partial charge in [-0.05, 0) is 18.6 Å². The summed E-state index contributed by atoms with van der Waals surface area (Å²) in [5, 5.41) is 9.71. The highest BCUT2D eigenvalue weighted by atomic mass is 32.2. The topological polar surface area (TPSA) is 51.0 Å². The van der Waals surface area contributed by atoms with Gasteiger partial charge < -0.3 is 4.90 Å². The van der Waals surface area contributed by atoms with E-state index in [1.54, 1.807) is 11.8 Å². The van der Waals surface area contributed by atoms with Crippen LogP contribution in [0.1, 0.15) is 12.8 Å². The molecule has 5 nitrogen and oxygen atoms in total. The summed E-state index contributed by atoms with van der Waals surface area (Å²) in [4.78, 5) is 13.7. The van der Waals surface area contributed by atoms with Crippen molar-refractivity contribution in [2.24, 2.45) is 0 Å². The highest BCUT2D eigenvalue weighted by Gasteiger charge is 2.20. The third-order valence-electron chi connectivity index (χ3n) is 4.44. The lowest BCUT2D eigenvalue weighted by molar-refractivity contribution is -0.127. The number of aromatic nitrogens is 3. The van der Waals surface area contributed by atoms with Crippen molar-refractivity contribution in [1.82, 2.24) is 19.7 Å². The van der Waals surface area contributed by atoms with Crippen LogP contribution in [-0.2, 0) is 4.79 Å². The number of carbonyl (C=O) groups is 1. The molecule has 0 unspecified atom stereocenters. The van der Waals surface area contributed by atoms with Gasteiger partial charge in [0.05, 0.1) is 0 Å². The van der Waals surface area contributed by atoms with Crippen LogP contribution in [0.5, 0.6) is 0 Å². The molecule has 1 amide bonds. The van der Waals surface area contributed by atoms with Gasteiger partial charge >= 0.3 is 0 Å². The van der Waals surface area contributed by atoms with Crippen LogP contribution in [0.25, 0.3) is 17.1 Å². The lowest BCUT2D eigenvalue weighted by atomic mass is 10.2. The first-order chi connectivity index (χ1) is 12.8. The van der Waals surface area contributed by atoms with E-state index < -0.39 is 0 Å². The second-order valence-corrected chi connectivity index (χ2v) is 7.24. The van der Waals surface area contributed by atoms with Crippen molar-refractivity contribution in [1.29, 1.82) is 0 Å². The lowest BCUT2D eigenvalue weighted by Crippen LogP contribution is -2.27. The summed E-state index contributed by atoms with van der Waals surface area (Å²) in [6.45, 7) is 1.63. The summed E-state index contributed by atoms with van der Waals surface area (Å²) < 4.78 is 2.09. The summed E-state index contributed by atoms with van der Waals surface area (Å²) in [5.74, 6) is 1.91. The molecule has 1 aliphatic rings. The highest BCUT2D eigenvalue weighted by Crippen LogP contribution is 2.28. The Labute approximate surface area is 157 Å². The molecule has 26 heavy (non-hydrogen) atoms. The fourth-order valence-corrected chi connectivity index (χ4v) is 4.05. The normalized spacial score (nSPS) is 14.2. The molecule has 1 fully saturated rings. The van der Waals surface area contributed by atoms with Gasteiger partial charge in [0.1, 0.15) is 0 Å². The monoisotopic (exact) mass is 364 g/mol. The minimum Gasteiger partial charge on any atom is -0.342 e. The molecule has 0 radical (unpaired) electrons. The number of para-hydroxylation sites is 1. The van der Waals surface area contributed by atoms with Crippen molar-refractivity contribution in [2.45, 2.75) is 18.0 Å². The Balaban J connectivity index is 1.60. The van der Waals surface area contributed by atoms with E-state index in [-0.39, 0.29) is 5.91 Å². The van der Waals surface area contributed by atoms with Crippen molar-refractivity contribution in [3.8, 4) is 17.1 Å². The average molecular weight is 364 g/mol. The van der Waals surface area contributed by atoms with Gasteiger partial charge in [0, 0.05) is 36.5 Å². The number of likely N-dealkylation sites (tertiary alicyclic amines) is 1. The molecule has 0 saturated carbocycles. The molecule has 2 heterocycles. The van der Waals surface area contributed by atoms with Crippen molar-refractivity contribution < 1.29 is 4.79 Å². The van der Waals surface area contributed by atoms with Gasteiger partial charge in [0.25, 0.3) is 0 Å². The molecule has 3 aromatic rings. The number of nitrogens with zero attached hydrogens (tertiary/aromatic N) is 4. The van der Waals surface area contributed by atoms with Crippen LogP contribution < -0.4 is 0 Å². The fourth-order valence-electron chi connectivity index (χ4n) is 3.14. The second-order valence-electron chi connectivity index (χ2n) is 6.18. The number of amides is 1. The van der Waals surface area contributed by atoms with Crippen LogP contribution in [0.2, 0.25) is 0 Å². The van der Waals surface area contributed by atoms with E-state index in [2.05, 4.69) is 26.9 Å². The minimum absolute atomic E-state index is 0.264. The Morgan fingerprint density at radius 2 is 1.69 bits per heavy atom. The van der Waals surface area contributed by atoms with Crippen molar-refractivity contribution in [3.05, 3.63) is 60.7 Å². The van der Waals surface area contributed by atoms with E-state index in [9.17, 15) is 4.79 Å². The predicted octanol–water partition coefficient (Wildman–Crippen LogP) is 3.65. The summed E-state index contributed by atoms with van der Waals surface area (Å²) in [7, 11) is 0. The first kappa shape index (κ1) is 16.8. The van der Waals surface area contributed by atoms with Gasteiger partial charge in [-0.2, -0.15) is 0 Å². The third-order valence-corrected chi connectivity index (χ3v) is 5.35. The molecule has 132 valence electrons. The molecular weight excluding hydrogens is 344 g/mol. The molecule has 1 saturated heterocycles. The van der Waals surface area contributed by atoms with Gasteiger partial charge in [-0.15, -0.1) is 10.2 Å². The van der Waals surface area contributed by atoms with Crippen LogP contribution in [0, 0.1) is 0 Å². The van der Waals surface area contributed by atoms with E-state index in [1.807, 2.05) is 53.4 Å². The number of thioether (sulfide) groups is 1. The minimum atomic E-state index is 0.264. The van der Waals surface area contributed by atoms with Gasteiger partial charge in [0.2, 0.25) is 5.91 Å². The average Bonchev–Trinajstić information content (AvgIpc) is 3.30. The SMILES string of the molecule is O=C1CCCN1CCSc1nnc(-c2ccccc2)n1-c1ccccc1. The van der Waals surface area contributed by atoms with Crippen LogP contribution in [-0.4, -0.2) is 44.4 Å². The van der Waals surface area contributed by atoms with Gasteiger partial charge in [-0.25, -0.2) is 0 Å². The Morgan fingerprint density at radius 3 is 2.38 bits per heavy atom. The number of hydrogen-bond acceptors (Lipinski definition) is 4. The zero-order valence-corrected chi connectivity index (χ0v) is 15.2. The van der Waals surface area contributed by atoms with E-state index in [4.69, 9.17) is 0 Å². The molecule has 0 aliphatic carbocycles. The Bertz CT molecular complexity index is 879. The number of carbonyl (C=O) groups excluding carboxylic acids is 1. The maximum Gasteiger partial charge on any atom is 0.222 e. The number of benzene rings is 2. The summed E-state index contributed by atoms with van der Waals surface area (Å²) in [5.41, 5.74) is 2.07. The van der Waals surface area contributed by atoms with Gasteiger partial charge in [-0.3, -0.25) is 9.36 Å². The Hall–Kier alpha value is -2.60. The number of hydrogen-bond donors (Lipinski definition) is 0. The van der Waals surface area contributed by atoms with Crippen molar-refractivity contribution in [3.63, 3.8) is 0 Å². The molecule has 0 bridgehead atoms. The van der Waals surface area contributed by atoms with Crippen LogP contribution in [0.4, 0.5) is 0 Å². The quantitative estimate of drug-likeness (QED) is 0.627. The standard InChI is InChI=1S/C20H20N4OS/c25-18-12-7-13-23(18)14-15-26-20-22-21-19(16-8-3-1-4-9-16)24(20)17-10-5-2-6-11-17/h1-6,8-11H,7,12-15H2. The Kier molecular flexibility index (Phi) is 5.02. The highest BCUT2D eigenvalue weighted by molar-refractivity contribution is 7.99. The predicted molar refractivity (Wildman–Crippen MR) is 103 cm³/mol. The first-order valence-electron chi connectivity index (χ1n) is 8.80. The van der Waals surface area contributed by atoms with E-state index in [1.165, 1.54) is 0 Å². The maximum absolute atomic E-state index is 11.8. The summed E-state index contributed by atoms with van der Waals surface area (Å²) in [6, 6.07) is 20.2. The molecule has 2 aromatic carbocycles. The molecular formula is C20H20N4OS. The van der Waals surface area contributed by atoms with Crippen LogP contribution in [0.15, 0.2) is 65.8 Å². The Morgan fingerprint density at radius 1 is 0.962 bits per heavy atom. The van der Waals surface area contributed by atoms with E-state index in [0.29, 0.717) is 6.42 Å². The van der Waals surface area contributed by atoms with Crippen LogP contribution >= 0.6 is 11.8 Å². The van der Waals surface area contributed by atoms with Crippen LogP contribution in [0.3, 0.4) is 0 Å². The molecule has 4 rings (SSSR count). The molecule has 6 heteroatoms. The van der Waals surface area contributed by atoms with E-state index in [0.717, 1.165) is 47.5 Å². The molecule has 0 atom stereocenters. The smallest absolute Gasteiger partial charge is 0.222 e.